The zero-order valence-electron chi connectivity index (χ0n) is 18.6. The first-order valence-electron chi connectivity index (χ1n) is 12.0. The van der Waals surface area contributed by atoms with Gasteiger partial charge in [0.2, 0.25) is 11.8 Å². The smallest absolute Gasteiger partial charge is 0.254 e. The fourth-order valence-corrected chi connectivity index (χ4v) is 7.80. The number of carbonyl (C=O) groups is 4. The Bertz CT molecular complexity index is 928. The molecule has 0 bridgehead atoms. The molecule has 4 amide bonds. The third kappa shape index (κ3) is 4.68. The van der Waals surface area contributed by atoms with Crippen LogP contribution in [-0.4, -0.2) is 68.7 Å². The molecule has 0 radical (unpaired) electrons. The molecule has 178 valence electrons. The van der Waals surface area contributed by atoms with Gasteiger partial charge < -0.3 is 5.11 Å². The zero-order valence-corrected chi connectivity index (χ0v) is 20.2. The molecular formula is C24H30N2O5S2. The number of carbonyl (C=O) groups excluding carboxylic acids is 4. The first-order valence-corrected chi connectivity index (χ1v) is 14.0. The molecular weight excluding hydrogens is 460 g/mol. The number of β-amino-alcohol motifs (C(OH)–C–C–N with tert-alkyl or cyclic N) is 1. The summed E-state index contributed by atoms with van der Waals surface area (Å²) in [5, 5.41) is 10.5. The van der Waals surface area contributed by atoms with Crippen molar-refractivity contribution in [2.24, 2.45) is 17.8 Å². The summed E-state index contributed by atoms with van der Waals surface area (Å²) in [5.74, 6) is 1.08. The number of nitrogens with zero attached hydrogens (tertiary/aromatic N) is 2. The number of rotatable bonds is 9. The molecule has 0 aromatic carbocycles. The number of fused-ring (bicyclic) bond motifs is 2. The summed E-state index contributed by atoms with van der Waals surface area (Å²) < 4.78 is 0. The van der Waals surface area contributed by atoms with Crippen LogP contribution in [0.2, 0.25) is 0 Å². The van der Waals surface area contributed by atoms with Crippen LogP contribution in [-0.2, 0) is 19.2 Å². The number of imide groups is 2. The van der Waals surface area contributed by atoms with Gasteiger partial charge in [-0.05, 0) is 55.9 Å². The SMILES string of the molecule is O=C1C=C2SCCC2C(=O)N1CC(O)CCCCC(C1CC1)N1C(=O)C=C2SCCC2C1=O. The first kappa shape index (κ1) is 23.2. The summed E-state index contributed by atoms with van der Waals surface area (Å²) in [6, 6.07) is -0.0563. The fourth-order valence-electron chi connectivity index (χ4n) is 5.41. The van der Waals surface area contributed by atoms with Gasteiger partial charge in [0, 0.05) is 28.0 Å². The average molecular weight is 491 g/mol. The number of aliphatic hydroxyl groups excluding tert-OH is 1. The van der Waals surface area contributed by atoms with E-state index in [0.717, 1.165) is 66.3 Å². The van der Waals surface area contributed by atoms with Crippen molar-refractivity contribution in [2.45, 2.75) is 63.5 Å². The normalized spacial score (nSPS) is 29.1. The van der Waals surface area contributed by atoms with Crippen molar-refractivity contribution in [1.82, 2.24) is 9.80 Å². The van der Waals surface area contributed by atoms with Crippen LogP contribution in [0, 0.1) is 17.8 Å². The second kappa shape index (κ2) is 9.58. The van der Waals surface area contributed by atoms with Gasteiger partial charge in [0.1, 0.15) is 0 Å². The molecule has 9 heteroatoms. The predicted octanol–water partition coefficient (Wildman–Crippen LogP) is 2.70. The molecule has 1 N–H and O–H groups in total. The summed E-state index contributed by atoms with van der Waals surface area (Å²) in [6.45, 7) is 0.0324. The first-order chi connectivity index (χ1) is 15.9. The maximum atomic E-state index is 13.0. The summed E-state index contributed by atoms with van der Waals surface area (Å²) in [7, 11) is 0. The molecule has 4 unspecified atom stereocenters. The van der Waals surface area contributed by atoms with E-state index in [1.54, 1.807) is 35.7 Å². The van der Waals surface area contributed by atoms with E-state index in [9.17, 15) is 24.3 Å². The van der Waals surface area contributed by atoms with E-state index in [1.807, 2.05) is 0 Å². The van der Waals surface area contributed by atoms with Gasteiger partial charge in [-0.3, -0.25) is 29.0 Å². The van der Waals surface area contributed by atoms with E-state index >= 15 is 0 Å². The second-order valence-corrected chi connectivity index (χ2v) is 12.0. The summed E-state index contributed by atoms with van der Waals surface area (Å²) in [4.78, 5) is 55.2. The van der Waals surface area contributed by atoms with Gasteiger partial charge in [-0.1, -0.05) is 12.8 Å². The minimum absolute atomic E-state index is 0.0286. The molecule has 5 rings (SSSR count). The van der Waals surface area contributed by atoms with Crippen LogP contribution in [0.5, 0.6) is 0 Å². The fraction of sp³-hybridized carbons (Fsp3) is 0.667. The number of amides is 4. The standard InChI is InChI=1S/C24H30N2O5S2/c27-15(13-25-21(28)11-19-16(23(25)30)7-9-32-19)3-1-2-4-18(14-5-6-14)26-22(29)12-20-17(24(26)31)8-10-33-20/h11-12,14-18,27H,1-10,13H2. The van der Waals surface area contributed by atoms with E-state index in [-0.39, 0.29) is 48.1 Å². The Morgan fingerprint density at radius 3 is 2.12 bits per heavy atom. The molecule has 33 heavy (non-hydrogen) atoms. The number of aliphatic hydroxyl groups is 1. The Morgan fingerprint density at radius 2 is 1.45 bits per heavy atom. The van der Waals surface area contributed by atoms with Crippen LogP contribution in [0.1, 0.15) is 51.4 Å². The summed E-state index contributed by atoms with van der Waals surface area (Å²) in [5.41, 5.74) is 0. The van der Waals surface area contributed by atoms with Crippen molar-refractivity contribution in [3.8, 4) is 0 Å². The molecule has 5 aliphatic rings. The summed E-state index contributed by atoms with van der Waals surface area (Å²) in [6.07, 6.45) is 8.84. The highest BCUT2D eigenvalue weighted by Crippen LogP contribution is 2.44. The highest BCUT2D eigenvalue weighted by atomic mass is 32.2. The molecule has 4 aliphatic heterocycles. The van der Waals surface area contributed by atoms with E-state index in [1.165, 1.54) is 9.80 Å². The third-order valence-electron chi connectivity index (χ3n) is 7.35. The second-order valence-electron chi connectivity index (χ2n) is 9.65. The van der Waals surface area contributed by atoms with Gasteiger partial charge in [0.25, 0.3) is 11.8 Å². The Morgan fingerprint density at radius 1 is 0.848 bits per heavy atom. The molecule has 4 atom stereocenters. The van der Waals surface area contributed by atoms with Crippen molar-refractivity contribution in [2.75, 3.05) is 18.1 Å². The molecule has 2 saturated heterocycles. The summed E-state index contributed by atoms with van der Waals surface area (Å²) >= 11 is 3.20. The van der Waals surface area contributed by atoms with Gasteiger partial charge in [-0.25, -0.2) is 0 Å². The number of unbranched alkanes of at least 4 members (excludes halogenated alkanes) is 1. The lowest BCUT2D eigenvalue weighted by Gasteiger charge is -2.34. The van der Waals surface area contributed by atoms with Crippen LogP contribution in [0.15, 0.2) is 22.0 Å². The monoisotopic (exact) mass is 490 g/mol. The number of hydrogen-bond donors (Lipinski definition) is 1. The van der Waals surface area contributed by atoms with Crippen LogP contribution in [0.4, 0.5) is 0 Å². The Balaban J connectivity index is 1.12. The van der Waals surface area contributed by atoms with Crippen molar-refractivity contribution < 1.29 is 24.3 Å². The topological polar surface area (TPSA) is 95.0 Å². The molecule has 4 heterocycles. The van der Waals surface area contributed by atoms with Crippen LogP contribution in [0.3, 0.4) is 0 Å². The molecule has 1 aliphatic carbocycles. The van der Waals surface area contributed by atoms with E-state index in [0.29, 0.717) is 12.3 Å². The minimum Gasteiger partial charge on any atom is -0.391 e. The third-order valence-corrected chi connectivity index (χ3v) is 9.70. The van der Waals surface area contributed by atoms with E-state index in [4.69, 9.17) is 0 Å². The van der Waals surface area contributed by atoms with Crippen molar-refractivity contribution in [3.05, 3.63) is 22.0 Å². The molecule has 7 nitrogen and oxygen atoms in total. The van der Waals surface area contributed by atoms with Crippen LogP contribution >= 0.6 is 23.5 Å². The van der Waals surface area contributed by atoms with Gasteiger partial charge in [-0.15, -0.1) is 23.5 Å². The van der Waals surface area contributed by atoms with Gasteiger partial charge >= 0.3 is 0 Å². The Kier molecular flexibility index (Phi) is 6.73. The molecule has 1 saturated carbocycles. The minimum atomic E-state index is -0.763. The van der Waals surface area contributed by atoms with Crippen molar-refractivity contribution in [1.29, 1.82) is 0 Å². The quantitative estimate of drug-likeness (QED) is 0.392. The Labute approximate surface area is 202 Å². The van der Waals surface area contributed by atoms with Gasteiger partial charge in [0.15, 0.2) is 0 Å². The van der Waals surface area contributed by atoms with Crippen LogP contribution < -0.4 is 0 Å². The van der Waals surface area contributed by atoms with Crippen molar-refractivity contribution in [3.63, 3.8) is 0 Å². The number of hydrogen-bond acceptors (Lipinski definition) is 7. The lowest BCUT2D eigenvalue weighted by molar-refractivity contribution is -0.149. The predicted molar refractivity (Wildman–Crippen MR) is 127 cm³/mol. The molecule has 0 aromatic rings. The van der Waals surface area contributed by atoms with E-state index < -0.39 is 6.10 Å². The van der Waals surface area contributed by atoms with Gasteiger partial charge in [0.05, 0.1) is 24.5 Å². The largest absolute Gasteiger partial charge is 0.391 e. The average Bonchev–Trinajstić information content (AvgIpc) is 3.32. The Hall–Kier alpha value is -1.58. The zero-order chi connectivity index (χ0) is 23.1. The number of thioether (sulfide) groups is 2. The maximum Gasteiger partial charge on any atom is 0.254 e. The van der Waals surface area contributed by atoms with E-state index in [2.05, 4.69) is 0 Å². The highest BCUT2D eigenvalue weighted by Gasteiger charge is 2.46. The lowest BCUT2D eigenvalue weighted by Crippen LogP contribution is -2.50. The molecule has 3 fully saturated rings. The lowest BCUT2D eigenvalue weighted by atomic mass is 9.95. The molecule has 0 spiro atoms. The molecule has 0 aromatic heterocycles. The highest BCUT2D eigenvalue weighted by molar-refractivity contribution is 8.03. The maximum absolute atomic E-state index is 13.0. The van der Waals surface area contributed by atoms with Crippen molar-refractivity contribution >= 4 is 47.2 Å². The van der Waals surface area contributed by atoms with Gasteiger partial charge in [-0.2, -0.15) is 0 Å². The van der Waals surface area contributed by atoms with Crippen LogP contribution in [0.25, 0.3) is 0 Å².